The molecule has 0 spiro atoms. The van der Waals surface area contributed by atoms with Gasteiger partial charge in [0, 0.05) is 0 Å². The van der Waals surface area contributed by atoms with Crippen LogP contribution in [0.4, 0.5) is 0 Å². The number of hydrogen-bond donors (Lipinski definition) is 0. The summed E-state index contributed by atoms with van der Waals surface area (Å²) in [5, 5.41) is 0. The molecule has 0 aromatic rings. The topological polar surface area (TPSA) is 17.1 Å². The highest BCUT2D eigenvalue weighted by Crippen LogP contribution is 2.35. The fourth-order valence-electron chi connectivity index (χ4n) is 2.37. The van der Waals surface area contributed by atoms with Crippen LogP contribution in [0.2, 0.25) is 0 Å². The van der Waals surface area contributed by atoms with Crippen LogP contribution in [0.5, 0.6) is 0 Å². The zero-order valence-corrected chi connectivity index (χ0v) is 9.84. The predicted octanol–water partition coefficient (Wildman–Crippen LogP) is 3.59. The molecule has 1 rings (SSSR count). The number of Topliss-reactive ketones (excluding diaryl/α,β-unsaturated/α-hetero) is 1. The molecule has 0 fully saturated rings. The maximum Gasteiger partial charge on any atom is 0.155 e. The highest BCUT2D eigenvalue weighted by Gasteiger charge is 2.27. The molecule has 1 aliphatic carbocycles. The fraction of sp³-hybridized carbons (Fsp3) is 0.769. The number of hydrogen-bond acceptors (Lipinski definition) is 1. The third kappa shape index (κ3) is 2.46. The van der Waals surface area contributed by atoms with Crippen molar-refractivity contribution in [1.82, 2.24) is 0 Å². The molecule has 1 heteroatoms. The van der Waals surface area contributed by atoms with Crippen LogP contribution >= 0.6 is 0 Å². The van der Waals surface area contributed by atoms with Gasteiger partial charge in [0.1, 0.15) is 0 Å². The van der Waals surface area contributed by atoms with Crippen LogP contribution < -0.4 is 0 Å². The molecule has 0 amide bonds. The second-order valence-electron chi connectivity index (χ2n) is 4.74. The van der Waals surface area contributed by atoms with Gasteiger partial charge in [-0.25, -0.2) is 0 Å². The quantitative estimate of drug-likeness (QED) is 0.671. The molecule has 1 aliphatic rings. The van der Waals surface area contributed by atoms with Gasteiger partial charge in [-0.05, 0) is 43.1 Å². The summed E-state index contributed by atoms with van der Waals surface area (Å²) in [5.41, 5.74) is 1.06. The third-order valence-corrected chi connectivity index (χ3v) is 3.60. The average molecular weight is 194 g/mol. The molecule has 0 N–H and O–H groups in total. The molecule has 0 saturated carbocycles. The smallest absolute Gasteiger partial charge is 0.155 e. The summed E-state index contributed by atoms with van der Waals surface area (Å²) >= 11 is 0. The van der Waals surface area contributed by atoms with Crippen LogP contribution in [-0.4, -0.2) is 5.78 Å². The highest BCUT2D eigenvalue weighted by molar-refractivity contribution is 5.93. The summed E-state index contributed by atoms with van der Waals surface area (Å²) < 4.78 is 0. The Morgan fingerprint density at radius 2 is 2.14 bits per heavy atom. The molecule has 14 heavy (non-hydrogen) atoms. The van der Waals surface area contributed by atoms with Crippen molar-refractivity contribution in [3.63, 3.8) is 0 Å². The van der Waals surface area contributed by atoms with E-state index in [-0.39, 0.29) is 5.78 Å². The molecule has 80 valence electrons. The number of rotatable bonds is 3. The Morgan fingerprint density at radius 1 is 1.50 bits per heavy atom. The van der Waals surface area contributed by atoms with Gasteiger partial charge >= 0.3 is 0 Å². The van der Waals surface area contributed by atoms with Crippen molar-refractivity contribution in [2.75, 3.05) is 0 Å². The molecule has 0 aromatic carbocycles. The maximum atomic E-state index is 11.3. The third-order valence-electron chi connectivity index (χ3n) is 3.60. The first-order chi connectivity index (χ1) is 6.56. The number of ketones is 1. The van der Waals surface area contributed by atoms with E-state index < -0.39 is 0 Å². The van der Waals surface area contributed by atoms with Crippen molar-refractivity contribution in [3.8, 4) is 0 Å². The minimum absolute atomic E-state index is 0.268. The van der Waals surface area contributed by atoms with E-state index in [0.717, 1.165) is 17.9 Å². The van der Waals surface area contributed by atoms with Crippen molar-refractivity contribution in [1.29, 1.82) is 0 Å². The molecular weight excluding hydrogens is 172 g/mol. The van der Waals surface area contributed by atoms with Gasteiger partial charge in [-0.3, -0.25) is 4.79 Å². The van der Waals surface area contributed by atoms with Crippen molar-refractivity contribution in [2.45, 2.75) is 47.0 Å². The molecule has 0 saturated heterocycles. The van der Waals surface area contributed by atoms with E-state index in [1.807, 2.05) is 0 Å². The minimum atomic E-state index is 0.268. The van der Waals surface area contributed by atoms with Gasteiger partial charge in [-0.15, -0.1) is 0 Å². The lowest BCUT2D eigenvalue weighted by Crippen LogP contribution is -2.24. The number of carbonyl (C=O) groups excluding carboxylic acids is 1. The van der Waals surface area contributed by atoms with E-state index in [1.165, 1.54) is 12.8 Å². The van der Waals surface area contributed by atoms with E-state index in [2.05, 4.69) is 26.8 Å². The zero-order chi connectivity index (χ0) is 10.7. The fourth-order valence-corrected chi connectivity index (χ4v) is 2.37. The van der Waals surface area contributed by atoms with E-state index in [1.54, 1.807) is 6.92 Å². The molecule has 0 aliphatic heterocycles. The molecule has 3 atom stereocenters. The number of allylic oxidation sites excluding steroid dienone is 2. The Morgan fingerprint density at radius 3 is 2.64 bits per heavy atom. The first-order valence-electron chi connectivity index (χ1n) is 5.77. The Balaban J connectivity index is 2.80. The Kier molecular flexibility index (Phi) is 3.91. The summed E-state index contributed by atoms with van der Waals surface area (Å²) in [4.78, 5) is 11.3. The van der Waals surface area contributed by atoms with Crippen molar-refractivity contribution in [2.24, 2.45) is 17.8 Å². The normalized spacial score (nSPS) is 32.6. The number of carbonyl (C=O) groups is 1. The molecular formula is C13H22O. The van der Waals surface area contributed by atoms with Crippen LogP contribution in [0.1, 0.15) is 47.0 Å². The summed E-state index contributed by atoms with van der Waals surface area (Å²) in [5.74, 6) is 2.29. The summed E-state index contributed by atoms with van der Waals surface area (Å²) in [6.07, 6.45) is 5.65. The van der Waals surface area contributed by atoms with E-state index in [0.29, 0.717) is 11.8 Å². The largest absolute Gasteiger partial charge is 0.295 e. The van der Waals surface area contributed by atoms with Gasteiger partial charge in [0.05, 0.1) is 0 Å². The lowest BCUT2D eigenvalue weighted by atomic mass is 9.73. The standard InChI is InChI=1S/C13H22O/c1-5-6-12-8-13(11(4)14)7-9(2)10(12)3/h8-10,12H,5-7H2,1-4H3. The predicted molar refractivity (Wildman–Crippen MR) is 60.1 cm³/mol. The van der Waals surface area contributed by atoms with E-state index in [4.69, 9.17) is 0 Å². The molecule has 0 bridgehead atoms. The summed E-state index contributed by atoms with van der Waals surface area (Å²) in [6, 6.07) is 0. The van der Waals surface area contributed by atoms with Gasteiger partial charge in [0.15, 0.2) is 5.78 Å². The monoisotopic (exact) mass is 194 g/mol. The van der Waals surface area contributed by atoms with Crippen LogP contribution in [0.25, 0.3) is 0 Å². The molecule has 3 unspecified atom stereocenters. The van der Waals surface area contributed by atoms with Gasteiger partial charge in [0.2, 0.25) is 0 Å². The van der Waals surface area contributed by atoms with Gasteiger partial charge < -0.3 is 0 Å². The average Bonchev–Trinajstić information content (AvgIpc) is 2.12. The van der Waals surface area contributed by atoms with Crippen LogP contribution in [-0.2, 0) is 4.79 Å². The first kappa shape index (κ1) is 11.5. The molecule has 1 nitrogen and oxygen atoms in total. The summed E-state index contributed by atoms with van der Waals surface area (Å²) in [7, 11) is 0. The van der Waals surface area contributed by atoms with Crippen LogP contribution in [0, 0.1) is 17.8 Å². The van der Waals surface area contributed by atoms with E-state index >= 15 is 0 Å². The van der Waals surface area contributed by atoms with Gasteiger partial charge in [0.25, 0.3) is 0 Å². The van der Waals surface area contributed by atoms with Gasteiger partial charge in [-0.1, -0.05) is 33.3 Å². The lowest BCUT2D eigenvalue weighted by Gasteiger charge is -2.32. The lowest BCUT2D eigenvalue weighted by molar-refractivity contribution is -0.114. The van der Waals surface area contributed by atoms with Crippen molar-refractivity contribution in [3.05, 3.63) is 11.6 Å². The Bertz CT molecular complexity index is 240. The Labute approximate surface area is 87.6 Å². The second-order valence-corrected chi connectivity index (χ2v) is 4.74. The highest BCUT2D eigenvalue weighted by atomic mass is 16.1. The SMILES string of the molecule is CCCC1C=C(C(C)=O)CC(C)C1C. The van der Waals surface area contributed by atoms with E-state index in [9.17, 15) is 4.79 Å². The summed E-state index contributed by atoms with van der Waals surface area (Å²) in [6.45, 7) is 8.49. The molecule has 0 heterocycles. The maximum absolute atomic E-state index is 11.3. The molecule has 0 radical (unpaired) electrons. The Hall–Kier alpha value is -0.590. The van der Waals surface area contributed by atoms with Crippen LogP contribution in [0.15, 0.2) is 11.6 Å². The minimum Gasteiger partial charge on any atom is -0.295 e. The first-order valence-corrected chi connectivity index (χ1v) is 5.77. The second kappa shape index (κ2) is 4.77. The zero-order valence-electron chi connectivity index (χ0n) is 9.84. The van der Waals surface area contributed by atoms with Crippen LogP contribution in [0.3, 0.4) is 0 Å². The molecule has 0 aromatic heterocycles. The van der Waals surface area contributed by atoms with Gasteiger partial charge in [-0.2, -0.15) is 0 Å². The van der Waals surface area contributed by atoms with Crippen molar-refractivity contribution >= 4 is 5.78 Å². The van der Waals surface area contributed by atoms with Crippen molar-refractivity contribution < 1.29 is 4.79 Å².